The summed E-state index contributed by atoms with van der Waals surface area (Å²) in [6, 6.07) is 1.43. The molecule has 0 bridgehead atoms. The number of hydrogen-bond donors (Lipinski definition) is 2. The summed E-state index contributed by atoms with van der Waals surface area (Å²) in [7, 11) is 1.53. The van der Waals surface area contributed by atoms with Crippen molar-refractivity contribution in [3.63, 3.8) is 0 Å². The maximum Gasteiger partial charge on any atom is 0.321 e. The summed E-state index contributed by atoms with van der Waals surface area (Å²) in [4.78, 5) is 20.1. The Kier molecular flexibility index (Phi) is 5.19. The monoisotopic (exact) mass is 382 g/mol. The van der Waals surface area contributed by atoms with Crippen molar-refractivity contribution in [2.75, 3.05) is 12.4 Å². The molecule has 0 radical (unpaired) electrons. The van der Waals surface area contributed by atoms with Crippen molar-refractivity contribution in [2.24, 2.45) is 0 Å². The number of urea groups is 1. The number of nitrogens with zero attached hydrogens (tertiary/aromatic N) is 4. The average molecular weight is 383 g/mol. The van der Waals surface area contributed by atoms with E-state index in [1.54, 1.807) is 17.2 Å². The molecule has 0 fully saturated rings. The van der Waals surface area contributed by atoms with E-state index >= 15 is 0 Å². The summed E-state index contributed by atoms with van der Waals surface area (Å²) < 4.78 is 7.65. The van der Waals surface area contributed by atoms with E-state index in [0.717, 1.165) is 10.0 Å². The van der Waals surface area contributed by atoms with Gasteiger partial charge in [-0.2, -0.15) is 0 Å². The molecule has 2 aromatic heterocycles. The summed E-state index contributed by atoms with van der Waals surface area (Å²) >= 11 is 3.34. The van der Waals surface area contributed by atoms with E-state index in [4.69, 9.17) is 4.74 Å². The molecule has 8 nitrogen and oxygen atoms in total. The summed E-state index contributed by atoms with van der Waals surface area (Å²) in [6.07, 6.45) is 3.21. The van der Waals surface area contributed by atoms with Crippen molar-refractivity contribution in [2.45, 2.75) is 32.9 Å². The van der Waals surface area contributed by atoms with Crippen LogP contribution in [-0.4, -0.2) is 32.9 Å². The molecule has 2 N–H and O–H groups in total. The predicted molar refractivity (Wildman–Crippen MR) is 89.4 cm³/mol. The average Bonchev–Trinajstić information content (AvgIpc) is 2.94. The molecule has 2 rings (SSSR count). The van der Waals surface area contributed by atoms with Gasteiger partial charge in [-0.15, -0.1) is 5.10 Å². The molecule has 124 valence electrons. The first-order chi connectivity index (χ1) is 10.8. The molecule has 2 aromatic rings. The maximum atomic E-state index is 11.9. The lowest BCUT2D eigenvalue weighted by atomic mass is 10.1. The lowest BCUT2D eigenvalue weighted by Gasteiger charge is -2.17. The van der Waals surface area contributed by atoms with Gasteiger partial charge in [-0.05, 0) is 42.8 Å². The van der Waals surface area contributed by atoms with Crippen molar-refractivity contribution in [1.29, 1.82) is 0 Å². The number of amides is 2. The second-order valence-corrected chi connectivity index (χ2v) is 6.73. The molecule has 2 amide bonds. The molecule has 23 heavy (non-hydrogen) atoms. The van der Waals surface area contributed by atoms with Gasteiger partial charge in [0.25, 0.3) is 0 Å². The Morgan fingerprint density at radius 2 is 2.13 bits per heavy atom. The van der Waals surface area contributed by atoms with Crippen LogP contribution in [0.4, 0.5) is 10.7 Å². The van der Waals surface area contributed by atoms with Crippen LogP contribution in [0.2, 0.25) is 0 Å². The number of carbonyl (C=O) groups excluding carboxylic acids is 1. The second-order valence-electron chi connectivity index (χ2n) is 5.81. The van der Waals surface area contributed by atoms with E-state index in [1.807, 2.05) is 26.8 Å². The molecule has 0 aliphatic heterocycles. The van der Waals surface area contributed by atoms with Crippen molar-refractivity contribution < 1.29 is 9.53 Å². The smallest absolute Gasteiger partial charge is 0.321 e. The van der Waals surface area contributed by atoms with Crippen molar-refractivity contribution >= 4 is 27.9 Å². The highest BCUT2D eigenvalue weighted by atomic mass is 79.9. The number of methoxy groups -OCH3 is 1. The quantitative estimate of drug-likeness (QED) is 0.846. The number of carbonyl (C=O) groups is 1. The molecule has 0 spiro atoms. The molecule has 0 saturated heterocycles. The number of rotatable bonds is 4. The van der Waals surface area contributed by atoms with Crippen LogP contribution in [0.1, 0.15) is 26.3 Å². The standard InChI is InChI=1S/C14H19BrN6O2/c1-14(2,3)21-8-18-12(20-21)19-13(22)17-6-9-5-10(15)7-16-11(9)23-4/h5,7-8H,6H2,1-4H3,(H2,17,19,20,22). The molecular formula is C14H19BrN6O2. The SMILES string of the molecule is COc1ncc(Br)cc1CNC(=O)Nc1ncn(C(C)(C)C)n1. The Bertz CT molecular complexity index is 695. The topological polar surface area (TPSA) is 94.0 Å². The molecule has 2 heterocycles. The van der Waals surface area contributed by atoms with Gasteiger partial charge in [0.15, 0.2) is 0 Å². The van der Waals surface area contributed by atoms with Gasteiger partial charge in [-0.3, -0.25) is 5.32 Å². The third-order valence-corrected chi connectivity index (χ3v) is 3.36. The zero-order valence-electron chi connectivity index (χ0n) is 13.4. The zero-order valence-corrected chi connectivity index (χ0v) is 15.0. The molecule has 0 aliphatic carbocycles. The summed E-state index contributed by atoms with van der Waals surface area (Å²) in [5.41, 5.74) is 0.559. The Balaban J connectivity index is 1.95. The first-order valence-corrected chi connectivity index (χ1v) is 7.74. The van der Waals surface area contributed by atoms with Gasteiger partial charge in [0.1, 0.15) is 6.33 Å². The van der Waals surface area contributed by atoms with Crippen molar-refractivity contribution in [3.05, 3.63) is 28.6 Å². The van der Waals surface area contributed by atoms with Crippen LogP contribution in [-0.2, 0) is 12.1 Å². The van der Waals surface area contributed by atoms with Crippen LogP contribution < -0.4 is 15.4 Å². The van der Waals surface area contributed by atoms with Crippen LogP contribution >= 0.6 is 15.9 Å². The van der Waals surface area contributed by atoms with E-state index in [9.17, 15) is 4.79 Å². The van der Waals surface area contributed by atoms with Gasteiger partial charge >= 0.3 is 6.03 Å². The number of ether oxygens (including phenoxy) is 1. The fourth-order valence-electron chi connectivity index (χ4n) is 1.74. The Morgan fingerprint density at radius 1 is 1.39 bits per heavy atom. The van der Waals surface area contributed by atoms with Crippen LogP contribution in [0.15, 0.2) is 23.1 Å². The van der Waals surface area contributed by atoms with Crippen molar-refractivity contribution in [3.8, 4) is 5.88 Å². The molecule has 0 atom stereocenters. The van der Waals surface area contributed by atoms with E-state index in [1.165, 1.54) is 7.11 Å². The minimum Gasteiger partial charge on any atom is -0.481 e. The van der Waals surface area contributed by atoms with Gasteiger partial charge in [0.05, 0.1) is 12.6 Å². The van der Waals surface area contributed by atoms with E-state index in [2.05, 4.69) is 41.6 Å². The summed E-state index contributed by atoms with van der Waals surface area (Å²) in [5.74, 6) is 0.709. The highest BCUT2D eigenvalue weighted by molar-refractivity contribution is 9.10. The van der Waals surface area contributed by atoms with Crippen LogP contribution in [0.3, 0.4) is 0 Å². The van der Waals surface area contributed by atoms with Gasteiger partial charge in [-0.25, -0.2) is 19.4 Å². The fraction of sp³-hybridized carbons (Fsp3) is 0.429. The van der Waals surface area contributed by atoms with Gasteiger partial charge < -0.3 is 10.1 Å². The summed E-state index contributed by atoms with van der Waals surface area (Å²) in [6.45, 7) is 6.26. The number of anilines is 1. The highest BCUT2D eigenvalue weighted by Gasteiger charge is 2.16. The molecule has 0 unspecified atom stereocenters. The lowest BCUT2D eigenvalue weighted by molar-refractivity contribution is 0.251. The van der Waals surface area contributed by atoms with E-state index in [0.29, 0.717) is 5.88 Å². The maximum absolute atomic E-state index is 11.9. The Morgan fingerprint density at radius 3 is 2.74 bits per heavy atom. The van der Waals surface area contributed by atoms with E-state index in [-0.39, 0.29) is 18.0 Å². The van der Waals surface area contributed by atoms with Crippen molar-refractivity contribution in [1.82, 2.24) is 25.1 Å². The van der Waals surface area contributed by atoms with Gasteiger partial charge in [0, 0.05) is 22.8 Å². The molecule has 0 saturated carbocycles. The molecule has 0 aromatic carbocycles. The molecule has 9 heteroatoms. The minimum atomic E-state index is -0.404. The van der Waals surface area contributed by atoms with Crippen LogP contribution in [0.25, 0.3) is 0 Å². The minimum absolute atomic E-state index is 0.196. The Labute approximate surface area is 142 Å². The van der Waals surface area contributed by atoms with Gasteiger partial charge in [-0.1, -0.05) is 0 Å². The first kappa shape index (κ1) is 17.2. The largest absolute Gasteiger partial charge is 0.481 e. The van der Waals surface area contributed by atoms with Crippen LogP contribution in [0, 0.1) is 0 Å². The fourth-order valence-corrected chi connectivity index (χ4v) is 2.12. The Hall–Kier alpha value is -2.16. The summed E-state index contributed by atoms with van der Waals surface area (Å²) in [5, 5.41) is 9.52. The lowest BCUT2D eigenvalue weighted by Crippen LogP contribution is -2.29. The number of hydrogen-bond acceptors (Lipinski definition) is 5. The first-order valence-electron chi connectivity index (χ1n) is 6.95. The molecule has 0 aliphatic rings. The third-order valence-electron chi connectivity index (χ3n) is 2.93. The van der Waals surface area contributed by atoms with E-state index < -0.39 is 6.03 Å². The number of nitrogens with one attached hydrogen (secondary N) is 2. The number of pyridine rings is 1. The molecular weight excluding hydrogens is 364 g/mol. The van der Waals surface area contributed by atoms with Gasteiger partial charge in [0.2, 0.25) is 11.8 Å². The zero-order chi connectivity index (χ0) is 17.0. The van der Waals surface area contributed by atoms with Crippen LogP contribution in [0.5, 0.6) is 5.88 Å². The predicted octanol–water partition coefficient (Wildman–Crippen LogP) is 2.52. The highest BCUT2D eigenvalue weighted by Crippen LogP contribution is 2.19. The third kappa shape index (κ3) is 4.65. The number of halogens is 1. The number of aromatic nitrogens is 4. The second kappa shape index (κ2) is 6.95. The normalized spacial score (nSPS) is 11.2.